The van der Waals surface area contributed by atoms with Gasteiger partial charge in [-0.05, 0) is 29.5 Å². The molecule has 24 heavy (non-hydrogen) atoms. The highest BCUT2D eigenvalue weighted by Gasteiger charge is 2.07. The molecule has 0 spiro atoms. The molecule has 0 aliphatic rings. The van der Waals surface area contributed by atoms with Gasteiger partial charge < -0.3 is 10.1 Å². The first-order valence-corrected chi connectivity index (χ1v) is 9.12. The van der Waals surface area contributed by atoms with Crippen LogP contribution in [-0.4, -0.2) is 7.05 Å². The summed E-state index contributed by atoms with van der Waals surface area (Å²) in [7, 11) is 2.57. The number of rotatable bonds is 7. The van der Waals surface area contributed by atoms with Crippen LogP contribution in [0.4, 0.5) is 0 Å². The molecule has 0 aromatic heterocycles. The Morgan fingerprint density at radius 3 is 2.25 bits per heavy atom. The maximum absolute atomic E-state index is 6.09. The molecule has 0 fully saturated rings. The third kappa shape index (κ3) is 4.44. The normalized spacial score (nSPS) is 11.0. The average Bonchev–Trinajstić information content (AvgIpc) is 2.64. The SMILES string of the molecule is CNCc1ccccc1Pc1ccccc1OCc1ccccc1. The quantitative estimate of drug-likeness (QED) is 0.666. The first kappa shape index (κ1) is 16.7. The molecule has 122 valence electrons. The largest absolute Gasteiger partial charge is 0.488 e. The molecule has 0 radical (unpaired) electrons. The van der Waals surface area contributed by atoms with Crippen molar-refractivity contribution in [3.8, 4) is 5.75 Å². The molecule has 0 aliphatic carbocycles. The molecule has 3 rings (SSSR count). The van der Waals surface area contributed by atoms with Crippen LogP contribution in [0.3, 0.4) is 0 Å². The Labute approximate surface area is 145 Å². The summed E-state index contributed by atoms with van der Waals surface area (Å²) >= 11 is 0. The van der Waals surface area contributed by atoms with E-state index in [0.29, 0.717) is 15.2 Å². The fraction of sp³-hybridized carbons (Fsp3) is 0.143. The zero-order chi connectivity index (χ0) is 16.6. The van der Waals surface area contributed by atoms with Crippen molar-refractivity contribution in [1.82, 2.24) is 5.32 Å². The highest BCUT2D eigenvalue weighted by molar-refractivity contribution is 7.55. The second-order valence-electron chi connectivity index (χ2n) is 5.58. The van der Waals surface area contributed by atoms with Crippen molar-refractivity contribution in [2.24, 2.45) is 0 Å². The van der Waals surface area contributed by atoms with Crippen LogP contribution in [0.5, 0.6) is 5.75 Å². The summed E-state index contributed by atoms with van der Waals surface area (Å²) in [5.74, 6) is 0.971. The van der Waals surface area contributed by atoms with Crippen LogP contribution in [-0.2, 0) is 13.2 Å². The van der Waals surface area contributed by atoms with Crippen molar-refractivity contribution in [3.63, 3.8) is 0 Å². The zero-order valence-electron chi connectivity index (χ0n) is 13.8. The number of para-hydroxylation sites is 1. The van der Waals surface area contributed by atoms with Gasteiger partial charge in [-0.3, -0.25) is 0 Å². The van der Waals surface area contributed by atoms with E-state index in [0.717, 1.165) is 12.3 Å². The van der Waals surface area contributed by atoms with Crippen molar-refractivity contribution in [2.75, 3.05) is 7.05 Å². The Morgan fingerprint density at radius 1 is 0.792 bits per heavy atom. The third-order valence-corrected chi connectivity index (χ3v) is 5.22. The maximum atomic E-state index is 6.09. The van der Waals surface area contributed by atoms with Gasteiger partial charge in [-0.2, -0.15) is 0 Å². The van der Waals surface area contributed by atoms with Crippen molar-refractivity contribution in [1.29, 1.82) is 0 Å². The molecule has 0 aliphatic heterocycles. The number of ether oxygens (including phenoxy) is 1. The van der Waals surface area contributed by atoms with Gasteiger partial charge in [-0.15, -0.1) is 0 Å². The predicted molar refractivity (Wildman–Crippen MR) is 104 cm³/mol. The highest BCUT2D eigenvalue weighted by Crippen LogP contribution is 2.21. The molecular formula is C21H22NOP. The van der Waals surface area contributed by atoms with Crippen molar-refractivity contribution in [3.05, 3.63) is 90.0 Å². The number of nitrogens with one attached hydrogen (secondary N) is 1. The minimum Gasteiger partial charge on any atom is -0.488 e. The van der Waals surface area contributed by atoms with Gasteiger partial charge >= 0.3 is 0 Å². The van der Waals surface area contributed by atoms with E-state index in [9.17, 15) is 0 Å². The van der Waals surface area contributed by atoms with Crippen molar-refractivity contribution < 1.29 is 4.74 Å². The highest BCUT2D eigenvalue weighted by atomic mass is 31.1. The van der Waals surface area contributed by atoms with Gasteiger partial charge in [0.25, 0.3) is 0 Å². The van der Waals surface area contributed by atoms with Crippen LogP contribution in [0.2, 0.25) is 0 Å². The summed E-state index contributed by atoms with van der Waals surface area (Å²) in [6.07, 6.45) is 0. The fourth-order valence-corrected chi connectivity index (χ4v) is 3.82. The second-order valence-corrected chi connectivity index (χ2v) is 6.91. The number of benzene rings is 3. The van der Waals surface area contributed by atoms with E-state index in [2.05, 4.69) is 59.9 Å². The minimum atomic E-state index is 0.587. The van der Waals surface area contributed by atoms with Crippen LogP contribution >= 0.6 is 8.58 Å². The molecule has 0 saturated heterocycles. The Morgan fingerprint density at radius 2 is 1.46 bits per heavy atom. The molecule has 0 amide bonds. The average molecular weight is 335 g/mol. The minimum absolute atomic E-state index is 0.587. The molecule has 1 atom stereocenters. The van der Waals surface area contributed by atoms with Crippen LogP contribution in [0.25, 0.3) is 0 Å². The molecular weight excluding hydrogens is 313 g/mol. The third-order valence-electron chi connectivity index (χ3n) is 3.78. The van der Waals surface area contributed by atoms with Gasteiger partial charge in [0, 0.05) is 11.8 Å². The predicted octanol–water partition coefficient (Wildman–Crippen LogP) is 3.61. The van der Waals surface area contributed by atoms with Gasteiger partial charge in [0.05, 0.1) is 0 Å². The summed E-state index contributed by atoms with van der Waals surface area (Å²) in [6.45, 7) is 1.48. The molecule has 3 aromatic rings. The summed E-state index contributed by atoms with van der Waals surface area (Å²) in [6, 6.07) is 27.2. The molecule has 0 heterocycles. The van der Waals surface area contributed by atoms with Gasteiger partial charge in [0.1, 0.15) is 12.4 Å². The Balaban J connectivity index is 1.77. The van der Waals surface area contributed by atoms with E-state index in [4.69, 9.17) is 4.74 Å². The zero-order valence-corrected chi connectivity index (χ0v) is 14.8. The van der Waals surface area contributed by atoms with Gasteiger partial charge in [0.15, 0.2) is 0 Å². The Bertz CT molecular complexity index is 774. The summed E-state index contributed by atoms with van der Waals surface area (Å²) < 4.78 is 6.09. The van der Waals surface area contributed by atoms with Crippen molar-refractivity contribution in [2.45, 2.75) is 13.2 Å². The van der Waals surface area contributed by atoms with E-state index in [1.807, 2.05) is 31.3 Å². The van der Waals surface area contributed by atoms with Gasteiger partial charge in [-0.25, -0.2) is 0 Å². The second kappa shape index (κ2) is 8.63. The molecule has 3 aromatic carbocycles. The van der Waals surface area contributed by atoms with E-state index < -0.39 is 0 Å². The molecule has 1 N–H and O–H groups in total. The van der Waals surface area contributed by atoms with Crippen LogP contribution in [0.1, 0.15) is 11.1 Å². The lowest BCUT2D eigenvalue weighted by Gasteiger charge is -2.14. The van der Waals surface area contributed by atoms with Crippen LogP contribution in [0.15, 0.2) is 78.9 Å². The summed E-state index contributed by atoms with van der Waals surface area (Å²) in [4.78, 5) is 0. The molecule has 1 unspecified atom stereocenters. The van der Waals surface area contributed by atoms with E-state index in [-0.39, 0.29) is 0 Å². The van der Waals surface area contributed by atoms with Gasteiger partial charge in [0.2, 0.25) is 0 Å². The lowest BCUT2D eigenvalue weighted by Crippen LogP contribution is -2.16. The first-order valence-electron chi connectivity index (χ1n) is 8.12. The maximum Gasteiger partial charge on any atom is 0.127 e. The monoisotopic (exact) mass is 335 g/mol. The number of hydrogen-bond donors (Lipinski definition) is 1. The summed E-state index contributed by atoms with van der Waals surface area (Å²) in [5.41, 5.74) is 2.53. The van der Waals surface area contributed by atoms with Crippen LogP contribution in [0, 0.1) is 0 Å². The smallest absolute Gasteiger partial charge is 0.127 e. The topological polar surface area (TPSA) is 21.3 Å². The number of hydrogen-bond acceptors (Lipinski definition) is 2. The molecule has 0 saturated carbocycles. The first-order chi connectivity index (χ1) is 11.9. The lowest BCUT2D eigenvalue weighted by molar-refractivity contribution is 0.309. The molecule has 3 heteroatoms. The van der Waals surface area contributed by atoms with Crippen molar-refractivity contribution >= 4 is 19.2 Å². The molecule has 0 bridgehead atoms. The lowest BCUT2D eigenvalue weighted by atomic mass is 10.2. The molecule has 2 nitrogen and oxygen atoms in total. The van der Waals surface area contributed by atoms with Gasteiger partial charge in [-0.1, -0.05) is 81.4 Å². The fourth-order valence-electron chi connectivity index (χ4n) is 2.56. The van der Waals surface area contributed by atoms with Crippen LogP contribution < -0.4 is 20.7 Å². The van der Waals surface area contributed by atoms with E-state index >= 15 is 0 Å². The Hall–Kier alpha value is -2.15. The standard InChI is InChI=1S/C21H22NOP/c1-22-15-18-11-5-7-13-20(18)24-21-14-8-6-12-19(21)23-16-17-9-3-2-4-10-17/h2-14,22,24H,15-16H2,1H3. The summed E-state index contributed by atoms with van der Waals surface area (Å²) in [5, 5.41) is 5.86. The van der Waals surface area contributed by atoms with E-state index in [1.165, 1.54) is 21.7 Å². The Kier molecular flexibility index (Phi) is 6.01. The van der Waals surface area contributed by atoms with E-state index in [1.54, 1.807) is 0 Å².